The monoisotopic (exact) mass is 571 g/mol. The van der Waals surface area contributed by atoms with E-state index in [1.165, 1.54) is 18.2 Å². The molecule has 2 unspecified atom stereocenters. The number of carbonyl (C=O) groups excluding carboxylic acids is 3. The topological polar surface area (TPSA) is 87.3 Å². The molecule has 1 heterocycles. The number of carbonyl (C=O) groups is 3. The van der Waals surface area contributed by atoms with E-state index in [4.69, 9.17) is 23.2 Å². The number of rotatable bonds is 8. The van der Waals surface area contributed by atoms with Crippen molar-refractivity contribution in [2.75, 3.05) is 17.2 Å². The Morgan fingerprint density at radius 1 is 1.08 bits per heavy atom. The first-order valence-electron chi connectivity index (χ1n) is 12.7. The summed E-state index contributed by atoms with van der Waals surface area (Å²) < 4.78 is 15.0. The molecular formula is C30H32Cl2FN3O3. The molecule has 2 aromatic rings. The van der Waals surface area contributed by atoms with Crippen LogP contribution in [0.1, 0.15) is 42.5 Å². The predicted molar refractivity (Wildman–Crippen MR) is 156 cm³/mol. The minimum absolute atomic E-state index is 0.173. The smallest absolute Gasteiger partial charge is 0.230 e. The van der Waals surface area contributed by atoms with E-state index in [0.717, 1.165) is 38.4 Å². The van der Waals surface area contributed by atoms with E-state index >= 15 is 4.39 Å². The first-order valence-corrected chi connectivity index (χ1v) is 13.5. The summed E-state index contributed by atoms with van der Waals surface area (Å²) in [6.45, 7) is 3.99. The van der Waals surface area contributed by atoms with Crippen LogP contribution in [0.2, 0.25) is 5.02 Å². The molecule has 2 atom stereocenters. The van der Waals surface area contributed by atoms with Crippen molar-refractivity contribution in [3.8, 4) is 0 Å². The van der Waals surface area contributed by atoms with Crippen LogP contribution in [0.4, 0.5) is 15.8 Å². The zero-order chi connectivity index (χ0) is 28.3. The molecule has 206 valence electrons. The normalized spacial score (nSPS) is 20.1. The van der Waals surface area contributed by atoms with Gasteiger partial charge in [0.2, 0.25) is 12.3 Å². The fraction of sp³-hybridized carbons (Fsp3) is 0.300. The van der Waals surface area contributed by atoms with E-state index in [0.29, 0.717) is 39.9 Å². The highest BCUT2D eigenvalue weighted by molar-refractivity contribution is 6.31. The Labute approximate surface area is 238 Å². The predicted octanol–water partition coefficient (Wildman–Crippen LogP) is 7.05. The van der Waals surface area contributed by atoms with Gasteiger partial charge in [-0.15, -0.1) is 0 Å². The fourth-order valence-corrected chi connectivity index (χ4v) is 5.43. The zero-order valence-corrected chi connectivity index (χ0v) is 23.0. The molecule has 1 aliphatic carbocycles. The van der Waals surface area contributed by atoms with Crippen LogP contribution in [0, 0.1) is 11.8 Å². The van der Waals surface area contributed by atoms with Gasteiger partial charge >= 0.3 is 0 Å². The number of amides is 2. The number of aldehydes is 1. The summed E-state index contributed by atoms with van der Waals surface area (Å²) in [7, 11) is 0. The van der Waals surface area contributed by atoms with E-state index < -0.39 is 11.8 Å². The molecule has 0 aromatic heterocycles. The maximum Gasteiger partial charge on any atom is 0.230 e. The molecule has 2 aromatic carbocycles. The average Bonchev–Trinajstić information content (AvgIpc) is 3.28. The third kappa shape index (κ3) is 8.62. The third-order valence-corrected chi connectivity index (χ3v) is 7.31. The van der Waals surface area contributed by atoms with Gasteiger partial charge in [-0.2, -0.15) is 0 Å². The van der Waals surface area contributed by atoms with Gasteiger partial charge in [0.15, 0.2) is 0 Å². The minimum atomic E-state index is -0.523. The molecule has 1 aliphatic heterocycles. The number of hydrogen-bond donors (Lipinski definition) is 3. The summed E-state index contributed by atoms with van der Waals surface area (Å²) in [5.74, 6) is -1.51. The van der Waals surface area contributed by atoms with Gasteiger partial charge in [-0.05, 0) is 67.5 Å². The fourth-order valence-electron chi connectivity index (χ4n) is 5.17. The number of halogens is 3. The van der Waals surface area contributed by atoms with Crippen molar-refractivity contribution in [3.05, 3.63) is 94.8 Å². The molecule has 1 saturated heterocycles. The zero-order valence-electron chi connectivity index (χ0n) is 21.5. The Morgan fingerprint density at radius 3 is 2.41 bits per heavy atom. The van der Waals surface area contributed by atoms with Gasteiger partial charge in [-0.25, -0.2) is 4.39 Å². The minimum Gasteiger partial charge on any atom is -0.329 e. The van der Waals surface area contributed by atoms with Gasteiger partial charge in [-0.3, -0.25) is 14.4 Å². The Bertz CT molecular complexity index is 1220. The molecule has 0 radical (unpaired) electrons. The molecule has 2 amide bonds. The third-order valence-electron chi connectivity index (χ3n) is 6.95. The molecule has 39 heavy (non-hydrogen) atoms. The van der Waals surface area contributed by atoms with Crippen LogP contribution >= 0.6 is 23.2 Å². The van der Waals surface area contributed by atoms with Crippen LogP contribution in [0.3, 0.4) is 0 Å². The first-order chi connectivity index (χ1) is 18.8. The van der Waals surface area contributed by atoms with Crippen molar-refractivity contribution in [1.29, 1.82) is 0 Å². The van der Waals surface area contributed by atoms with Crippen LogP contribution in [0.5, 0.6) is 0 Å². The number of hydrogen-bond acceptors (Lipinski definition) is 4. The largest absolute Gasteiger partial charge is 0.329 e. The van der Waals surface area contributed by atoms with E-state index in [-0.39, 0.29) is 17.3 Å². The SMILES string of the molecule is C=C(Cl)/C=C\C=C(/F)C1CNC2(CCCCC2)C1C(=O)Nc1cccc(Cl)c1.O=CNc1ccc(C=O)cc1. The summed E-state index contributed by atoms with van der Waals surface area (Å²) >= 11 is 11.7. The quantitative estimate of drug-likeness (QED) is 0.234. The van der Waals surface area contributed by atoms with Gasteiger partial charge < -0.3 is 16.0 Å². The Morgan fingerprint density at radius 2 is 1.79 bits per heavy atom. The van der Waals surface area contributed by atoms with Crippen molar-refractivity contribution in [3.63, 3.8) is 0 Å². The molecule has 6 nitrogen and oxygen atoms in total. The van der Waals surface area contributed by atoms with Crippen LogP contribution in [-0.2, 0) is 9.59 Å². The van der Waals surface area contributed by atoms with E-state index in [1.54, 1.807) is 48.5 Å². The number of nitrogens with one attached hydrogen (secondary N) is 3. The van der Waals surface area contributed by atoms with Gasteiger partial charge in [0.25, 0.3) is 0 Å². The summed E-state index contributed by atoms with van der Waals surface area (Å²) in [5, 5.41) is 9.77. The van der Waals surface area contributed by atoms with Crippen molar-refractivity contribution in [2.24, 2.45) is 11.8 Å². The highest BCUT2D eigenvalue weighted by atomic mass is 35.5. The maximum absolute atomic E-state index is 15.0. The summed E-state index contributed by atoms with van der Waals surface area (Å²) in [5.41, 5.74) is 1.54. The van der Waals surface area contributed by atoms with Crippen molar-refractivity contribution >= 4 is 53.2 Å². The number of benzene rings is 2. The highest BCUT2D eigenvalue weighted by Crippen LogP contribution is 2.45. The second-order valence-electron chi connectivity index (χ2n) is 9.54. The Kier molecular flexibility index (Phi) is 11.5. The average molecular weight is 573 g/mol. The lowest BCUT2D eigenvalue weighted by Gasteiger charge is -2.39. The Balaban J connectivity index is 0.000000320. The van der Waals surface area contributed by atoms with Gasteiger partial charge in [0.1, 0.15) is 12.1 Å². The summed E-state index contributed by atoms with van der Waals surface area (Å²) in [4.78, 5) is 33.4. The second-order valence-corrected chi connectivity index (χ2v) is 10.5. The number of anilines is 2. The lowest BCUT2D eigenvalue weighted by Crippen LogP contribution is -2.51. The standard InChI is InChI=1S/C22H25Cl2FN2O.C8H7NO2/c1-15(23)7-5-10-19(25)18-14-26-22(11-3-2-4-12-22)20(18)21(28)27-17-9-6-8-16(24)13-17;10-5-7-1-3-8(4-2-7)9-6-11/h5-10,13,18,20,26H,1-4,11-12,14H2,(H,27,28);1-6H,(H,9,11)/b7-5-,19-10-;. The molecular weight excluding hydrogens is 540 g/mol. The molecule has 0 bridgehead atoms. The lowest BCUT2D eigenvalue weighted by atomic mass is 9.70. The molecule has 1 saturated carbocycles. The van der Waals surface area contributed by atoms with Crippen LogP contribution in [0.15, 0.2) is 84.2 Å². The molecule has 4 rings (SSSR count). The van der Waals surface area contributed by atoms with Crippen molar-refractivity contribution in [2.45, 2.75) is 37.6 Å². The van der Waals surface area contributed by atoms with Crippen LogP contribution in [0.25, 0.3) is 0 Å². The van der Waals surface area contributed by atoms with Gasteiger partial charge in [0, 0.05) is 45.0 Å². The van der Waals surface area contributed by atoms with E-state index in [1.807, 2.05) is 0 Å². The van der Waals surface area contributed by atoms with Crippen molar-refractivity contribution in [1.82, 2.24) is 5.32 Å². The Hall–Kier alpha value is -3.26. The highest BCUT2D eigenvalue weighted by Gasteiger charge is 2.53. The molecule has 3 N–H and O–H groups in total. The van der Waals surface area contributed by atoms with Crippen molar-refractivity contribution < 1.29 is 18.8 Å². The molecule has 2 fully saturated rings. The lowest BCUT2D eigenvalue weighted by molar-refractivity contribution is -0.123. The van der Waals surface area contributed by atoms with E-state index in [2.05, 4.69) is 22.5 Å². The number of allylic oxidation sites excluding steroid dienone is 4. The van der Waals surface area contributed by atoms with E-state index in [9.17, 15) is 14.4 Å². The van der Waals surface area contributed by atoms with Gasteiger partial charge in [0.05, 0.1) is 5.92 Å². The maximum atomic E-state index is 15.0. The summed E-state index contributed by atoms with van der Waals surface area (Å²) in [6.07, 6.45) is 10.8. The van der Waals surface area contributed by atoms with Crippen LogP contribution in [-0.4, -0.2) is 30.7 Å². The van der Waals surface area contributed by atoms with Crippen LogP contribution < -0.4 is 16.0 Å². The molecule has 1 spiro atoms. The second kappa shape index (κ2) is 14.8. The summed E-state index contributed by atoms with van der Waals surface area (Å²) in [6, 6.07) is 13.6. The first kappa shape index (κ1) is 30.3. The molecule has 9 heteroatoms. The van der Waals surface area contributed by atoms with Gasteiger partial charge in [-0.1, -0.05) is 61.2 Å². The molecule has 2 aliphatic rings.